The molecule has 1 saturated heterocycles. The zero-order valence-corrected chi connectivity index (χ0v) is 8.53. The fourth-order valence-corrected chi connectivity index (χ4v) is 1.80. The summed E-state index contributed by atoms with van der Waals surface area (Å²) in [6, 6.07) is 3.89. The number of rotatable bonds is 4. The predicted molar refractivity (Wildman–Crippen MR) is 54.0 cm³/mol. The Morgan fingerprint density at radius 2 is 2.43 bits per heavy atom. The summed E-state index contributed by atoms with van der Waals surface area (Å²) in [7, 11) is 0. The van der Waals surface area contributed by atoms with Gasteiger partial charge in [0.2, 0.25) is 0 Å². The molecule has 2 unspecified atom stereocenters. The van der Waals surface area contributed by atoms with Crippen LogP contribution in [0.5, 0.6) is 0 Å². The lowest BCUT2D eigenvalue weighted by Gasteiger charge is -2.11. The molecule has 0 aliphatic carbocycles. The van der Waals surface area contributed by atoms with E-state index in [4.69, 9.17) is 9.15 Å². The minimum Gasteiger partial charge on any atom is -0.468 e. The first-order chi connectivity index (χ1) is 6.84. The van der Waals surface area contributed by atoms with Crippen molar-refractivity contribution in [3.8, 4) is 0 Å². The van der Waals surface area contributed by atoms with Gasteiger partial charge in [0.25, 0.3) is 0 Å². The molecule has 2 heterocycles. The minimum absolute atomic E-state index is 0.389. The van der Waals surface area contributed by atoms with Crippen LogP contribution in [0.25, 0.3) is 0 Å². The Hall–Kier alpha value is -0.800. The summed E-state index contributed by atoms with van der Waals surface area (Å²) in [5.74, 6) is 0.982. The first-order valence-electron chi connectivity index (χ1n) is 5.23. The highest BCUT2D eigenvalue weighted by Crippen LogP contribution is 2.18. The summed E-state index contributed by atoms with van der Waals surface area (Å²) in [4.78, 5) is 0. The van der Waals surface area contributed by atoms with E-state index in [1.807, 2.05) is 12.1 Å². The van der Waals surface area contributed by atoms with Crippen molar-refractivity contribution in [2.45, 2.75) is 38.5 Å². The Morgan fingerprint density at radius 3 is 3.07 bits per heavy atom. The third-order valence-electron chi connectivity index (χ3n) is 2.57. The van der Waals surface area contributed by atoms with Gasteiger partial charge in [0, 0.05) is 6.54 Å². The molecule has 2 atom stereocenters. The second-order valence-electron chi connectivity index (χ2n) is 3.86. The van der Waals surface area contributed by atoms with Crippen LogP contribution in [-0.4, -0.2) is 18.8 Å². The van der Waals surface area contributed by atoms with Gasteiger partial charge in [0.15, 0.2) is 0 Å². The van der Waals surface area contributed by atoms with Crippen molar-refractivity contribution < 1.29 is 9.15 Å². The van der Waals surface area contributed by atoms with Crippen LogP contribution in [0.15, 0.2) is 22.8 Å². The first-order valence-corrected chi connectivity index (χ1v) is 5.23. The fraction of sp³-hybridized carbons (Fsp3) is 0.636. The molecule has 1 aromatic rings. The van der Waals surface area contributed by atoms with E-state index in [0.29, 0.717) is 12.2 Å². The standard InChI is InChI=1S/C11H17NO2/c1-9-4-5-11(14-9)8-12-7-10-3-2-6-13-10/h2-3,6,9,11-12H,4-5,7-8H2,1H3. The van der Waals surface area contributed by atoms with E-state index in [9.17, 15) is 0 Å². The lowest BCUT2D eigenvalue weighted by atomic mass is 10.2. The Bertz CT molecular complexity index is 258. The zero-order chi connectivity index (χ0) is 9.80. The number of nitrogens with one attached hydrogen (secondary N) is 1. The van der Waals surface area contributed by atoms with E-state index in [0.717, 1.165) is 18.8 Å². The second kappa shape index (κ2) is 4.62. The van der Waals surface area contributed by atoms with Crippen molar-refractivity contribution in [2.75, 3.05) is 6.54 Å². The average Bonchev–Trinajstić information content (AvgIpc) is 2.77. The van der Waals surface area contributed by atoms with Crippen LogP contribution in [0.4, 0.5) is 0 Å². The maximum absolute atomic E-state index is 5.69. The van der Waals surface area contributed by atoms with Crippen LogP contribution < -0.4 is 5.32 Å². The van der Waals surface area contributed by atoms with Crippen LogP contribution in [0.1, 0.15) is 25.5 Å². The third-order valence-corrected chi connectivity index (χ3v) is 2.57. The summed E-state index contributed by atoms with van der Waals surface area (Å²) >= 11 is 0. The van der Waals surface area contributed by atoms with Gasteiger partial charge in [-0.2, -0.15) is 0 Å². The summed E-state index contributed by atoms with van der Waals surface area (Å²) < 4.78 is 10.9. The molecule has 2 rings (SSSR count). The van der Waals surface area contributed by atoms with E-state index in [-0.39, 0.29) is 0 Å². The molecule has 1 fully saturated rings. The number of furan rings is 1. The summed E-state index contributed by atoms with van der Waals surface area (Å²) in [5, 5.41) is 3.33. The molecular weight excluding hydrogens is 178 g/mol. The normalized spacial score (nSPS) is 26.9. The SMILES string of the molecule is CC1CCC(CNCc2ccco2)O1. The number of ether oxygens (including phenoxy) is 1. The molecule has 1 aliphatic rings. The molecule has 0 bridgehead atoms. The van der Waals surface area contributed by atoms with Crippen LogP contribution in [0.3, 0.4) is 0 Å². The van der Waals surface area contributed by atoms with Gasteiger partial charge in [0.1, 0.15) is 5.76 Å². The monoisotopic (exact) mass is 195 g/mol. The Labute approximate surface area is 84.4 Å². The van der Waals surface area contributed by atoms with Gasteiger partial charge < -0.3 is 14.5 Å². The van der Waals surface area contributed by atoms with E-state index in [2.05, 4.69) is 12.2 Å². The van der Waals surface area contributed by atoms with Crippen LogP contribution in [-0.2, 0) is 11.3 Å². The van der Waals surface area contributed by atoms with Gasteiger partial charge in [-0.15, -0.1) is 0 Å². The van der Waals surface area contributed by atoms with Gasteiger partial charge in [0.05, 0.1) is 25.0 Å². The van der Waals surface area contributed by atoms with Crippen LogP contribution >= 0.6 is 0 Å². The highest BCUT2D eigenvalue weighted by atomic mass is 16.5. The fourth-order valence-electron chi connectivity index (χ4n) is 1.80. The molecule has 0 radical (unpaired) electrons. The highest BCUT2D eigenvalue weighted by molar-refractivity contribution is 4.97. The topological polar surface area (TPSA) is 34.4 Å². The quantitative estimate of drug-likeness (QED) is 0.797. The Morgan fingerprint density at radius 1 is 1.50 bits per heavy atom. The van der Waals surface area contributed by atoms with Gasteiger partial charge in [-0.25, -0.2) is 0 Å². The first kappa shape index (κ1) is 9.74. The minimum atomic E-state index is 0.389. The second-order valence-corrected chi connectivity index (χ2v) is 3.86. The van der Waals surface area contributed by atoms with Gasteiger partial charge >= 0.3 is 0 Å². The van der Waals surface area contributed by atoms with Crippen LogP contribution in [0, 0.1) is 0 Å². The predicted octanol–water partition coefficient (Wildman–Crippen LogP) is 1.94. The third kappa shape index (κ3) is 2.59. The molecule has 0 aromatic carbocycles. The number of hydrogen-bond donors (Lipinski definition) is 1. The molecule has 78 valence electrons. The van der Waals surface area contributed by atoms with Crippen molar-refractivity contribution in [3.63, 3.8) is 0 Å². The van der Waals surface area contributed by atoms with Crippen molar-refractivity contribution >= 4 is 0 Å². The summed E-state index contributed by atoms with van der Waals surface area (Å²) in [6.45, 7) is 3.85. The lowest BCUT2D eigenvalue weighted by Crippen LogP contribution is -2.26. The molecule has 14 heavy (non-hydrogen) atoms. The summed E-state index contributed by atoms with van der Waals surface area (Å²) in [6.07, 6.45) is 4.88. The molecule has 3 heteroatoms. The van der Waals surface area contributed by atoms with E-state index < -0.39 is 0 Å². The Balaban J connectivity index is 1.64. The zero-order valence-electron chi connectivity index (χ0n) is 8.53. The largest absolute Gasteiger partial charge is 0.468 e. The number of hydrogen-bond acceptors (Lipinski definition) is 3. The molecule has 1 aliphatic heterocycles. The molecule has 0 amide bonds. The molecule has 0 spiro atoms. The van der Waals surface area contributed by atoms with Gasteiger partial charge in [-0.1, -0.05) is 0 Å². The van der Waals surface area contributed by atoms with Crippen molar-refractivity contribution in [2.24, 2.45) is 0 Å². The summed E-state index contributed by atoms with van der Waals surface area (Å²) in [5.41, 5.74) is 0. The Kier molecular flexibility index (Phi) is 3.22. The smallest absolute Gasteiger partial charge is 0.117 e. The molecule has 0 saturated carbocycles. The lowest BCUT2D eigenvalue weighted by molar-refractivity contribution is 0.0556. The molecular formula is C11H17NO2. The van der Waals surface area contributed by atoms with Gasteiger partial charge in [-0.3, -0.25) is 0 Å². The van der Waals surface area contributed by atoms with Crippen molar-refractivity contribution in [1.29, 1.82) is 0 Å². The van der Waals surface area contributed by atoms with E-state index in [1.54, 1.807) is 6.26 Å². The maximum Gasteiger partial charge on any atom is 0.117 e. The van der Waals surface area contributed by atoms with Crippen molar-refractivity contribution in [3.05, 3.63) is 24.2 Å². The maximum atomic E-state index is 5.69. The van der Waals surface area contributed by atoms with Crippen molar-refractivity contribution in [1.82, 2.24) is 5.32 Å². The molecule has 3 nitrogen and oxygen atoms in total. The van der Waals surface area contributed by atoms with Crippen LogP contribution in [0.2, 0.25) is 0 Å². The van der Waals surface area contributed by atoms with Gasteiger partial charge in [-0.05, 0) is 31.9 Å². The van der Waals surface area contributed by atoms with E-state index in [1.165, 1.54) is 12.8 Å². The average molecular weight is 195 g/mol. The highest BCUT2D eigenvalue weighted by Gasteiger charge is 2.20. The molecule has 1 N–H and O–H groups in total. The van der Waals surface area contributed by atoms with E-state index >= 15 is 0 Å². The molecule has 1 aromatic heterocycles.